The lowest BCUT2D eigenvalue weighted by molar-refractivity contribution is 0.340. The quantitative estimate of drug-likeness (QED) is 0.859. The predicted octanol–water partition coefficient (Wildman–Crippen LogP) is 3.55. The maximum Gasteiger partial charge on any atom is 0.119 e. The molecule has 2 heteroatoms. The maximum absolute atomic E-state index is 5.46. The zero-order valence-electron chi connectivity index (χ0n) is 11.5. The average Bonchev–Trinajstić information content (AvgIpc) is 2.67. The fourth-order valence-corrected chi connectivity index (χ4v) is 2.61. The number of hydrogen-bond donors (Lipinski definition) is 1. The molecule has 0 aliphatic carbocycles. The van der Waals surface area contributed by atoms with Crippen molar-refractivity contribution in [1.82, 2.24) is 5.32 Å². The molecule has 0 amide bonds. The highest BCUT2D eigenvalue weighted by Crippen LogP contribution is 2.16. The molecule has 0 bridgehead atoms. The van der Waals surface area contributed by atoms with Crippen molar-refractivity contribution in [2.75, 3.05) is 13.2 Å². The lowest BCUT2D eigenvalue weighted by Crippen LogP contribution is -2.28. The molecule has 1 N–H and O–H groups in total. The summed E-state index contributed by atoms with van der Waals surface area (Å²) in [5, 5.41) is 3.66. The van der Waals surface area contributed by atoms with Crippen LogP contribution in [0.5, 0.6) is 5.75 Å². The second-order valence-electron chi connectivity index (χ2n) is 5.12. The van der Waals surface area contributed by atoms with Gasteiger partial charge in [0.15, 0.2) is 0 Å². The zero-order chi connectivity index (χ0) is 12.6. The lowest BCUT2D eigenvalue weighted by atomic mass is 10.0. The first kappa shape index (κ1) is 13.4. The molecule has 0 aromatic heterocycles. The van der Waals surface area contributed by atoms with E-state index in [9.17, 15) is 0 Å². The molecule has 1 unspecified atom stereocenters. The minimum absolute atomic E-state index is 0.721. The van der Waals surface area contributed by atoms with Crippen molar-refractivity contribution in [2.24, 2.45) is 0 Å². The maximum atomic E-state index is 5.46. The van der Waals surface area contributed by atoms with Crippen LogP contribution in [-0.4, -0.2) is 19.2 Å². The number of aryl methyl sites for hydroxylation is 1. The van der Waals surface area contributed by atoms with Crippen LogP contribution in [0.2, 0.25) is 0 Å². The summed E-state index contributed by atoms with van der Waals surface area (Å²) < 4.78 is 5.46. The van der Waals surface area contributed by atoms with Gasteiger partial charge in [-0.25, -0.2) is 0 Å². The van der Waals surface area contributed by atoms with E-state index >= 15 is 0 Å². The zero-order valence-corrected chi connectivity index (χ0v) is 11.5. The molecule has 1 aromatic rings. The largest absolute Gasteiger partial charge is 0.494 e. The van der Waals surface area contributed by atoms with Gasteiger partial charge in [-0.2, -0.15) is 0 Å². The van der Waals surface area contributed by atoms with Crippen LogP contribution in [0, 0.1) is 0 Å². The summed E-state index contributed by atoms with van der Waals surface area (Å²) in [6.45, 7) is 3.96. The van der Waals surface area contributed by atoms with Gasteiger partial charge >= 0.3 is 0 Å². The minimum atomic E-state index is 0.721. The van der Waals surface area contributed by atoms with Crippen molar-refractivity contribution in [3.05, 3.63) is 29.8 Å². The summed E-state index contributed by atoms with van der Waals surface area (Å²) in [5.74, 6) is 0.980. The van der Waals surface area contributed by atoms with Gasteiger partial charge in [0.2, 0.25) is 0 Å². The normalized spacial score (nSPS) is 20.4. The van der Waals surface area contributed by atoms with E-state index in [1.807, 2.05) is 6.92 Å². The molecular formula is C16H25NO. The van der Waals surface area contributed by atoms with Gasteiger partial charge in [0, 0.05) is 6.04 Å². The summed E-state index contributed by atoms with van der Waals surface area (Å²) >= 11 is 0. The van der Waals surface area contributed by atoms with Crippen molar-refractivity contribution in [3.63, 3.8) is 0 Å². The smallest absolute Gasteiger partial charge is 0.119 e. The fraction of sp³-hybridized carbons (Fsp3) is 0.625. The Morgan fingerprint density at radius 3 is 2.78 bits per heavy atom. The first-order chi connectivity index (χ1) is 8.88. The minimum Gasteiger partial charge on any atom is -0.494 e. The van der Waals surface area contributed by atoms with Gasteiger partial charge in [0.1, 0.15) is 5.75 Å². The molecule has 0 saturated carbocycles. The lowest BCUT2D eigenvalue weighted by Gasteiger charge is -2.15. The van der Waals surface area contributed by atoms with Crippen molar-refractivity contribution in [2.45, 2.75) is 51.5 Å². The van der Waals surface area contributed by atoms with Crippen LogP contribution in [0.3, 0.4) is 0 Å². The Balaban J connectivity index is 1.78. The molecular weight excluding hydrogens is 222 g/mol. The van der Waals surface area contributed by atoms with Crippen LogP contribution < -0.4 is 10.1 Å². The Morgan fingerprint density at radius 1 is 1.17 bits per heavy atom. The molecule has 1 atom stereocenters. The van der Waals surface area contributed by atoms with E-state index in [1.54, 1.807) is 0 Å². The van der Waals surface area contributed by atoms with Crippen LogP contribution in [0.1, 0.15) is 44.6 Å². The molecule has 1 heterocycles. The van der Waals surface area contributed by atoms with Gasteiger partial charge in [0.25, 0.3) is 0 Å². The number of nitrogens with one attached hydrogen (secondary N) is 1. The summed E-state index contributed by atoms with van der Waals surface area (Å²) in [6.07, 6.45) is 7.90. The number of rotatable bonds is 5. The Bertz CT molecular complexity index is 325. The van der Waals surface area contributed by atoms with Crippen LogP contribution >= 0.6 is 0 Å². The monoisotopic (exact) mass is 247 g/mol. The van der Waals surface area contributed by atoms with Crippen LogP contribution in [0.4, 0.5) is 0 Å². The second-order valence-corrected chi connectivity index (χ2v) is 5.12. The highest BCUT2D eigenvalue weighted by Gasteiger charge is 2.10. The molecule has 2 rings (SSSR count). The van der Waals surface area contributed by atoms with Crippen molar-refractivity contribution < 1.29 is 4.74 Å². The third-order valence-electron chi connectivity index (χ3n) is 3.68. The fourth-order valence-electron chi connectivity index (χ4n) is 2.61. The molecule has 1 saturated heterocycles. The van der Waals surface area contributed by atoms with E-state index in [1.165, 1.54) is 50.6 Å². The summed E-state index contributed by atoms with van der Waals surface area (Å²) in [4.78, 5) is 0. The molecule has 1 fully saturated rings. The summed E-state index contributed by atoms with van der Waals surface area (Å²) in [5.41, 5.74) is 1.42. The SMILES string of the molecule is CCOc1ccc(CCC2CCCCCN2)cc1. The van der Waals surface area contributed by atoms with Crippen LogP contribution in [0.15, 0.2) is 24.3 Å². The van der Waals surface area contributed by atoms with Gasteiger partial charge in [-0.15, -0.1) is 0 Å². The third-order valence-corrected chi connectivity index (χ3v) is 3.68. The number of benzene rings is 1. The molecule has 1 aliphatic heterocycles. The molecule has 1 aliphatic rings. The van der Waals surface area contributed by atoms with E-state index in [2.05, 4.69) is 29.6 Å². The molecule has 0 spiro atoms. The Labute approximate surface area is 111 Å². The predicted molar refractivity (Wildman–Crippen MR) is 76.2 cm³/mol. The molecule has 2 nitrogen and oxygen atoms in total. The Hall–Kier alpha value is -1.02. The third kappa shape index (κ3) is 4.34. The number of ether oxygens (including phenoxy) is 1. The summed E-state index contributed by atoms with van der Waals surface area (Å²) in [7, 11) is 0. The first-order valence-corrected chi connectivity index (χ1v) is 7.33. The molecule has 1 aromatic carbocycles. The second kappa shape index (κ2) is 7.42. The molecule has 18 heavy (non-hydrogen) atoms. The Morgan fingerprint density at radius 2 is 2.00 bits per heavy atom. The van der Waals surface area contributed by atoms with Gasteiger partial charge in [-0.3, -0.25) is 0 Å². The van der Waals surface area contributed by atoms with Gasteiger partial charge < -0.3 is 10.1 Å². The van der Waals surface area contributed by atoms with Gasteiger partial charge in [-0.05, 0) is 56.8 Å². The van der Waals surface area contributed by atoms with E-state index in [0.29, 0.717) is 0 Å². The van der Waals surface area contributed by atoms with Gasteiger partial charge in [-0.1, -0.05) is 25.0 Å². The average molecular weight is 247 g/mol. The van der Waals surface area contributed by atoms with Crippen LogP contribution in [0.25, 0.3) is 0 Å². The van der Waals surface area contributed by atoms with E-state index in [4.69, 9.17) is 4.74 Å². The standard InChI is InChI=1S/C16H25NO/c1-2-18-16-11-8-14(9-12-16)7-10-15-6-4-3-5-13-17-15/h8-9,11-12,15,17H,2-7,10,13H2,1H3. The van der Waals surface area contributed by atoms with E-state index < -0.39 is 0 Å². The van der Waals surface area contributed by atoms with Crippen molar-refractivity contribution >= 4 is 0 Å². The molecule has 0 radical (unpaired) electrons. The van der Waals surface area contributed by atoms with Crippen molar-refractivity contribution in [3.8, 4) is 5.75 Å². The highest BCUT2D eigenvalue weighted by atomic mass is 16.5. The van der Waals surface area contributed by atoms with E-state index in [0.717, 1.165) is 18.4 Å². The first-order valence-electron chi connectivity index (χ1n) is 7.33. The van der Waals surface area contributed by atoms with E-state index in [-0.39, 0.29) is 0 Å². The Kier molecular flexibility index (Phi) is 5.53. The molecule has 100 valence electrons. The highest BCUT2D eigenvalue weighted by molar-refractivity contribution is 5.27. The number of hydrogen-bond acceptors (Lipinski definition) is 2. The van der Waals surface area contributed by atoms with Gasteiger partial charge in [0.05, 0.1) is 6.61 Å². The van der Waals surface area contributed by atoms with Crippen molar-refractivity contribution in [1.29, 1.82) is 0 Å². The topological polar surface area (TPSA) is 21.3 Å². The van der Waals surface area contributed by atoms with Crippen LogP contribution in [-0.2, 0) is 6.42 Å². The summed E-state index contributed by atoms with van der Waals surface area (Å²) in [6, 6.07) is 9.28.